The minimum Gasteiger partial charge on any atom is -0.423 e. The van der Waals surface area contributed by atoms with E-state index in [1.807, 2.05) is 0 Å². The van der Waals surface area contributed by atoms with Crippen molar-refractivity contribution in [3.05, 3.63) is 11.8 Å². The lowest BCUT2D eigenvalue weighted by atomic mass is 9.98. The van der Waals surface area contributed by atoms with Crippen LogP contribution in [0.3, 0.4) is 0 Å². The standard InChI is InChI=1S/C13H21N3O/c1-3-14-8(2)12-15-16-13(17-12)11(9-4-5-9)10-6-7-10/h8-11,14H,3-7H2,1-2H3. The van der Waals surface area contributed by atoms with Crippen LogP contribution in [0.2, 0.25) is 0 Å². The summed E-state index contributed by atoms with van der Waals surface area (Å²) in [6.45, 7) is 5.09. The summed E-state index contributed by atoms with van der Waals surface area (Å²) >= 11 is 0. The molecule has 1 aromatic heterocycles. The molecule has 0 aromatic carbocycles. The molecule has 2 aliphatic carbocycles. The summed E-state index contributed by atoms with van der Waals surface area (Å²) in [6, 6.07) is 0.167. The van der Waals surface area contributed by atoms with Gasteiger partial charge in [0, 0.05) is 5.92 Å². The highest BCUT2D eigenvalue weighted by Gasteiger charge is 2.45. The summed E-state index contributed by atoms with van der Waals surface area (Å²) in [7, 11) is 0. The van der Waals surface area contributed by atoms with Crippen molar-refractivity contribution in [3.8, 4) is 0 Å². The Hall–Kier alpha value is -0.900. The normalized spacial score (nSPS) is 22.1. The Balaban J connectivity index is 1.73. The molecule has 0 spiro atoms. The van der Waals surface area contributed by atoms with E-state index in [1.165, 1.54) is 25.7 Å². The molecule has 0 bridgehead atoms. The second-order valence-electron chi connectivity index (χ2n) is 5.46. The number of aromatic nitrogens is 2. The van der Waals surface area contributed by atoms with E-state index in [0.29, 0.717) is 5.92 Å². The third-order valence-electron chi connectivity index (χ3n) is 3.88. The van der Waals surface area contributed by atoms with E-state index in [4.69, 9.17) is 4.42 Å². The van der Waals surface area contributed by atoms with Crippen molar-refractivity contribution in [2.45, 2.75) is 51.5 Å². The molecule has 4 nitrogen and oxygen atoms in total. The van der Waals surface area contributed by atoms with Crippen LogP contribution in [0, 0.1) is 11.8 Å². The first-order chi connectivity index (χ1) is 8.29. The molecule has 2 fully saturated rings. The lowest BCUT2D eigenvalue weighted by Gasteiger charge is -2.10. The summed E-state index contributed by atoms with van der Waals surface area (Å²) in [5.74, 6) is 3.85. The van der Waals surface area contributed by atoms with Crippen molar-refractivity contribution >= 4 is 0 Å². The van der Waals surface area contributed by atoms with Crippen molar-refractivity contribution in [1.29, 1.82) is 0 Å². The molecule has 1 unspecified atom stereocenters. The fraction of sp³-hybridized carbons (Fsp3) is 0.846. The van der Waals surface area contributed by atoms with Crippen LogP contribution in [0.5, 0.6) is 0 Å². The predicted molar refractivity (Wildman–Crippen MR) is 64.6 cm³/mol. The van der Waals surface area contributed by atoms with Crippen LogP contribution in [-0.2, 0) is 0 Å². The Morgan fingerprint density at radius 1 is 1.18 bits per heavy atom. The second-order valence-corrected chi connectivity index (χ2v) is 5.46. The van der Waals surface area contributed by atoms with Crippen LogP contribution in [0.15, 0.2) is 4.42 Å². The topological polar surface area (TPSA) is 51.0 Å². The molecule has 0 amide bonds. The molecule has 0 saturated heterocycles. The van der Waals surface area contributed by atoms with Gasteiger partial charge in [-0.1, -0.05) is 6.92 Å². The maximum absolute atomic E-state index is 5.88. The minimum atomic E-state index is 0.167. The zero-order valence-electron chi connectivity index (χ0n) is 10.6. The Bertz CT molecular complexity index is 370. The predicted octanol–water partition coefficient (Wildman–Crippen LogP) is 2.64. The van der Waals surface area contributed by atoms with Crippen molar-refractivity contribution < 1.29 is 4.42 Å². The van der Waals surface area contributed by atoms with Gasteiger partial charge in [-0.15, -0.1) is 10.2 Å². The van der Waals surface area contributed by atoms with Crippen molar-refractivity contribution in [3.63, 3.8) is 0 Å². The first kappa shape index (κ1) is 11.2. The largest absolute Gasteiger partial charge is 0.423 e. The van der Waals surface area contributed by atoms with Crippen molar-refractivity contribution in [1.82, 2.24) is 15.5 Å². The Morgan fingerprint density at radius 3 is 2.29 bits per heavy atom. The molecule has 3 rings (SSSR count). The van der Waals surface area contributed by atoms with Crippen LogP contribution in [0.1, 0.15) is 63.3 Å². The fourth-order valence-corrected chi connectivity index (χ4v) is 2.65. The van der Waals surface area contributed by atoms with Crippen LogP contribution in [-0.4, -0.2) is 16.7 Å². The van der Waals surface area contributed by atoms with Gasteiger partial charge in [-0.3, -0.25) is 0 Å². The van der Waals surface area contributed by atoms with Gasteiger partial charge in [0.05, 0.1) is 6.04 Å². The van der Waals surface area contributed by atoms with E-state index in [9.17, 15) is 0 Å². The van der Waals surface area contributed by atoms with E-state index >= 15 is 0 Å². The molecule has 1 aromatic rings. The maximum atomic E-state index is 5.88. The van der Waals surface area contributed by atoms with Gasteiger partial charge in [0.15, 0.2) is 0 Å². The highest BCUT2D eigenvalue weighted by molar-refractivity contribution is 5.07. The molecule has 94 valence electrons. The Kier molecular flexibility index (Phi) is 2.90. The van der Waals surface area contributed by atoms with E-state index in [-0.39, 0.29) is 6.04 Å². The summed E-state index contributed by atoms with van der Waals surface area (Å²) in [4.78, 5) is 0. The number of nitrogens with zero attached hydrogens (tertiary/aromatic N) is 2. The Morgan fingerprint density at radius 2 is 1.76 bits per heavy atom. The summed E-state index contributed by atoms with van der Waals surface area (Å²) in [5, 5.41) is 11.8. The zero-order valence-corrected chi connectivity index (χ0v) is 10.6. The van der Waals surface area contributed by atoms with E-state index in [0.717, 1.165) is 30.2 Å². The molecule has 17 heavy (non-hydrogen) atoms. The first-order valence-corrected chi connectivity index (χ1v) is 6.86. The van der Waals surface area contributed by atoms with Gasteiger partial charge in [-0.25, -0.2) is 0 Å². The molecule has 0 radical (unpaired) electrons. The third-order valence-corrected chi connectivity index (χ3v) is 3.88. The molecular weight excluding hydrogens is 214 g/mol. The van der Waals surface area contributed by atoms with Gasteiger partial charge in [-0.05, 0) is 51.0 Å². The fourth-order valence-electron chi connectivity index (χ4n) is 2.65. The SMILES string of the molecule is CCNC(C)c1nnc(C(C2CC2)C2CC2)o1. The van der Waals surface area contributed by atoms with Crippen LogP contribution < -0.4 is 5.32 Å². The first-order valence-electron chi connectivity index (χ1n) is 6.86. The van der Waals surface area contributed by atoms with Crippen molar-refractivity contribution in [2.75, 3.05) is 6.54 Å². The Labute approximate surface area is 102 Å². The number of hydrogen-bond donors (Lipinski definition) is 1. The average molecular weight is 235 g/mol. The summed E-state index contributed by atoms with van der Waals surface area (Å²) in [6.07, 6.45) is 5.40. The smallest absolute Gasteiger partial charge is 0.233 e. The van der Waals surface area contributed by atoms with Crippen LogP contribution in [0.25, 0.3) is 0 Å². The quantitative estimate of drug-likeness (QED) is 0.823. The third kappa shape index (κ3) is 2.37. The highest BCUT2D eigenvalue weighted by atomic mass is 16.4. The van der Waals surface area contributed by atoms with E-state index < -0.39 is 0 Å². The van der Waals surface area contributed by atoms with Gasteiger partial charge >= 0.3 is 0 Å². The molecule has 1 N–H and O–H groups in total. The molecule has 4 heteroatoms. The minimum absolute atomic E-state index is 0.167. The summed E-state index contributed by atoms with van der Waals surface area (Å²) in [5.41, 5.74) is 0. The van der Waals surface area contributed by atoms with Gasteiger partial charge in [0.2, 0.25) is 11.8 Å². The van der Waals surface area contributed by atoms with Gasteiger partial charge in [0.1, 0.15) is 0 Å². The molecular formula is C13H21N3O. The highest BCUT2D eigenvalue weighted by Crippen LogP contribution is 2.54. The van der Waals surface area contributed by atoms with E-state index in [1.54, 1.807) is 0 Å². The van der Waals surface area contributed by atoms with Crippen LogP contribution in [0.4, 0.5) is 0 Å². The van der Waals surface area contributed by atoms with Crippen LogP contribution >= 0.6 is 0 Å². The van der Waals surface area contributed by atoms with Crippen molar-refractivity contribution in [2.24, 2.45) is 11.8 Å². The molecule has 2 saturated carbocycles. The number of rotatable bonds is 6. The molecule has 0 aliphatic heterocycles. The summed E-state index contributed by atoms with van der Waals surface area (Å²) < 4.78 is 5.88. The number of nitrogens with one attached hydrogen (secondary N) is 1. The van der Waals surface area contributed by atoms with Gasteiger partial charge in [0.25, 0.3) is 0 Å². The average Bonchev–Trinajstić information content (AvgIpc) is 3.21. The lowest BCUT2D eigenvalue weighted by Crippen LogP contribution is -2.17. The van der Waals surface area contributed by atoms with E-state index in [2.05, 4.69) is 29.4 Å². The molecule has 2 aliphatic rings. The maximum Gasteiger partial charge on any atom is 0.233 e. The molecule has 1 atom stereocenters. The lowest BCUT2D eigenvalue weighted by molar-refractivity contribution is 0.350. The van der Waals surface area contributed by atoms with Gasteiger partial charge in [-0.2, -0.15) is 0 Å². The van der Waals surface area contributed by atoms with Gasteiger partial charge < -0.3 is 9.73 Å². The monoisotopic (exact) mass is 235 g/mol. The number of hydrogen-bond acceptors (Lipinski definition) is 4. The second kappa shape index (κ2) is 4.41. The molecule has 1 heterocycles. The zero-order chi connectivity index (χ0) is 11.8.